The van der Waals surface area contributed by atoms with Crippen molar-refractivity contribution in [3.8, 4) is 11.5 Å². The van der Waals surface area contributed by atoms with E-state index in [1.54, 1.807) is 6.07 Å². The lowest BCUT2D eigenvalue weighted by Gasteiger charge is -1.96. The van der Waals surface area contributed by atoms with Crippen LogP contribution in [0.25, 0.3) is 0 Å². The number of ketones is 1. The van der Waals surface area contributed by atoms with Crippen molar-refractivity contribution in [1.29, 1.82) is 0 Å². The summed E-state index contributed by atoms with van der Waals surface area (Å²) in [7, 11) is 0. The van der Waals surface area contributed by atoms with Crippen molar-refractivity contribution in [2.45, 2.75) is 0 Å². The van der Waals surface area contributed by atoms with E-state index in [0.717, 1.165) is 0 Å². The fourth-order valence-corrected chi connectivity index (χ4v) is 1.12. The third-order valence-corrected chi connectivity index (χ3v) is 1.76. The van der Waals surface area contributed by atoms with Gasteiger partial charge in [0, 0.05) is 5.56 Å². The molecule has 4 heteroatoms. The third kappa shape index (κ3) is 1.26. The van der Waals surface area contributed by atoms with Gasteiger partial charge in [0.15, 0.2) is 17.8 Å². The number of benzene rings is 1. The number of ether oxygens (including phenoxy) is 2. The third-order valence-electron chi connectivity index (χ3n) is 1.76. The number of hydrogen-bond acceptors (Lipinski definition) is 4. The first kappa shape index (κ1) is 7.79. The van der Waals surface area contributed by atoms with Gasteiger partial charge >= 0.3 is 0 Å². The van der Waals surface area contributed by atoms with Gasteiger partial charge in [0.1, 0.15) is 0 Å². The molecule has 0 N–H and O–H groups in total. The molecule has 0 unspecified atom stereocenters. The first-order valence-electron chi connectivity index (χ1n) is 3.70. The standard InChI is InChI=1S/C9H6O4/c10-4-7(11)6-1-2-8-9(3-6)13-5-12-8/h1-4H,5H2. The zero-order chi connectivity index (χ0) is 9.26. The van der Waals surface area contributed by atoms with Crippen LogP contribution in [0.5, 0.6) is 11.5 Å². The molecular weight excluding hydrogens is 172 g/mol. The second kappa shape index (κ2) is 2.90. The Kier molecular flexibility index (Phi) is 1.73. The van der Waals surface area contributed by atoms with Gasteiger partial charge in [0.25, 0.3) is 0 Å². The van der Waals surface area contributed by atoms with Gasteiger partial charge in [0.2, 0.25) is 12.6 Å². The molecule has 13 heavy (non-hydrogen) atoms. The summed E-state index contributed by atoms with van der Waals surface area (Å²) in [5.41, 5.74) is 0.319. The van der Waals surface area contributed by atoms with Gasteiger partial charge in [0.05, 0.1) is 0 Å². The Morgan fingerprint density at radius 3 is 2.85 bits per heavy atom. The van der Waals surface area contributed by atoms with E-state index in [1.807, 2.05) is 0 Å². The molecule has 0 atom stereocenters. The summed E-state index contributed by atoms with van der Waals surface area (Å²) < 4.78 is 10.1. The first-order chi connectivity index (χ1) is 6.31. The quantitative estimate of drug-likeness (QED) is 0.382. The van der Waals surface area contributed by atoms with Crippen LogP contribution in [0.1, 0.15) is 10.4 Å². The smallest absolute Gasteiger partial charge is 0.231 e. The molecule has 1 aliphatic heterocycles. The summed E-state index contributed by atoms with van der Waals surface area (Å²) in [6, 6.07) is 4.64. The Balaban J connectivity index is 2.41. The van der Waals surface area contributed by atoms with Crippen LogP contribution >= 0.6 is 0 Å². The van der Waals surface area contributed by atoms with Crippen molar-refractivity contribution in [1.82, 2.24) is 0 Å². The highest BCUT2D eigenvalue weighted by Gasteiger charge is 2.15. The zero-order valence-electron chi connectivity index (χ0n) is 6.65. The molecule has 1 heterocycles. The highest BCUT2D eigenvalue weighted by atomic mass is 16.7. The van der Waals surface area contributed by atoms with Gasteiger partial charge in [-0.05, 0) is 18.2 Å². The Morgan fingerprint density at radius 1 is 1.31 bits per heavy atom. The summed E-state index contributed by atoms with van der Waals surface area (Å²) in [6.45, 7) is 0.161. The van der Waals surface area contributed by atoms with E-state index in [9.17, 15) is 9.59 Å². The van der Waals surface area contributed by atoms with Crippen molar-refractivity contribution in [2.75, 3.05) is 6.79 Å². The molecule has 0 spiro atoms. The Morgan fingerprint density at radius 2 is 2.08 bits per heavy atom. The molecule has 1 aliphatic rings. The minimum atomic E-state index is -0.557. The monoisotopic (exact) mass is 178 g/mol. The largest absolute Gasteiger partial charge is 0.454 e. The Labute approximate surface area is 74.1 Å². The Hall–Kier alpha value is -1.84. The molecule has 2 rings (SSSR count). The topological polar surface area (TPSA) is 52.6 Å². The van der Waals surface area contributed by atoms with E-state index in [-0.39, 0.29) is 13.1 Å². The number of aldehydes is 1. The summed E-state index contributed by atoms with van der Waals surface area (Å²) in [5, 5.41) is 0. The zero-order valence-corrected chi connectivity index (χ0v) is 6.65. The minimum Gasteiger partial charge on any atom is -0.454 e. The average molecular weight is 178 g/mol. The van der Waals surface area contributed by atoms with Crippen molar-refractivity contribution >= 4 is 12.1 Å². The van der Waals surface area contributed by atoms with Gasteiger partial charge in [-0.25, -0.2) is 0 Å². The predicted octanol–water partition coefficient (Wildman–Crippen LogP) is 0.797. The summed E-state index contributed by atoms with van der Waals surface area (Å²) in [4.78, 5) is 21.1. The maximum Gasteiger partial charge on any atom is 0.231 e. The molecular formula is C9H6O4. The first-order valence-corrected chi connectivity index (χ1v) is 3.70. The van der Waals surface area contributed by atoms with Crippen molar-refractivity contribution in [2.24, 2.45) is 0 Å². The number of carbonyl (C=O) groups is 2. The molecule has 0 saturated carbocycles. The highest BCUT2D eigenvalue weighted by molar-refractivity contribution is 6.33. The van der Waals surface area contributed by atoms with E-state index >= 15 is 0 Å². The van der Waals surface area contributed by atoms with Gasteiger partial charge in [-0.15, -0.1) is 0 Å². The molecule has 0 amide bonds. The molecule has 0 radical (unpaired) electrons. The molecule has 1 aromatic rings. The molecule has 0 saturated heterocycles. The van der Waals surface area contributed by atoms with E-state index < -0.39 is 5.78 Å². The average Bonchev–Trinajstić information content (AvgIpc) is 2.63. The molecule has 0 aliphatic carbocycles. The lowest BCUT2D eigenvalue weighted by atomic mass is 10.1. The van der Waals surface area contributed by atoms with Gasteiger partial charge in [-0.3, -0.25) is 9.59 Å². The Bertz CT molecular complexity index is 370. The van der Waals surface area contributed by atoms with Gasteiger partial charge in [-0.1, -0.05) is 0 Å². The lowest BCUT2D eigenvalue weighted by Crippen LogP contribution is -1.98. The number of hydrogen-bond donors (Lipinski definition) is 0. The minimum absolute atomic E-state index is 0.161. The molecule has 1 aromatic carbocycles. The number of carbonyl (C=O) groups excluding carboxylic acids is 2. The van der Waals surface area contributed by atoms with Crippen LogP contribution in [0.2, 0.25) is 0 Å². The second-order valence-corrected chi connectivity index (χ2v) is 2.55. The lowest BCUT2D eigenvalue weighted by molar-refractivity contribution is -0.104. The normalized spacial score (nSPS) is 12.6. The van der Waals surface area contributed by atoms with E-state index in [0.29, 0.717) is 17.1 Å². The van der Waals surface area contributed by atoms with Gasteiger partial charge in [-0.2, -0.15) is 0 Å². The number of fused-ring (bicyclic) bond motifs is 1. The maximum atomic E-state index is 10.9. The fraction of sp³-hybridized carbons (Fsp3) is 0.111. The van der Waals surface area contributed by atoms with Gasteiger partial charge < -0.3 is 9.47 Å². The molecule has 0 aromatic heterocycles. The van der Waals surface area contributed by atoms with Crippen LogP contribution in [0.15, 0.2) is 18.2 Å². The van der Waals surface area contributed by atoms with Crippen LogP contribution in [-0.2, 0) is 4.79 Å². The van der Waals surface area contributed by atoms with Crippen LogP contribution < -0.4 is 9.47 Å². The fourth-order valence-electron chi connectivity index (χ4n) is 1.12. The van der Waals surface area contributed by atoms with Crippen molar-refractivity contribution in [3.63, 3.8) is 0 Å². The molecule has 4 nitrogen and oxygen atoms in total. The molecule has 0 fully saturated rings. The van der Waals surface area contributed by atoms with Crippen molar-refractivity contribution < 1.29 is 19.1 Å². The van der Waals surface area contributed by atoms with E-state index in [4.69, 9.17) is 9.47 Å². The van der Waals surface area contributed by atoms with Crippen LogP contribution in [0, 0.1) is 0 Å². The summed E-state index contributed by atoms with van der Waals surface area (Å²) in [6.07, 6.45) is 0.275. The highest BCUT2D eigenvalue weighted by Crippen LogP contribution is 2.32. The SMILES string of the molecule is O=CC(=O)c1ccc2c(c1)OCO2. The van der Waals surface area contributed by atoms with E-state index in [2.05, 4.69) is 0 Å². The van der Waals surface area contributed by atoms with Crippen molar-refractivity contribution in [3.05, 3.63) is 23.8 Å². The molecule has 66 valence electrons. The van der Waals surface area contributed by atoms with E-state index in [1.165, 1.54) is 12.1 Å². The predicted molar refractivity (Wildman–Crippen MR) is 43.0 cm³/mol. The second-order valence-electron chi connectivity index (χ2n) is 2.55. The molecule has 0 bridgehead atoms. The van der Waals surface area contributed by atoms with Crippen LogP contribution in [0.4, 0.5) is 0 Å². The number of rotatable bonds is 2. The number of Topliss-reactive ketones (excluding diaryl/α,β-unsaturated/α-hetero) is 1. The summed E-state index contributed by atoms with van der Waals surface area (Å²) >= 11 is 0. The van der Waals surface area contributed by atoms with Crippen LogP contribution in [0.3, 0.4) is 0 Å². The summed E-state index contributed by atoms with van der Waals surface area (Å²) in [5.74, 6) is 0.549. The maximum absolute atomic E-state index is 10.9. The van der Waals surface area contributed by atoms with Crippen LogP contribution in [-0.4, -0.2) is 18.9 Å².